The third-order valence-corrected chi connectivity index (χ3v) is 5.71. The number of pyridine rings is 1. The van der Waals surface area contributed by atoms with Crippen LogP contribution in [0.3, 0.4) is 0 Å². The number of aryl methyl sites for hydroxylation is 1. The minimum Gasteiger partial charge on any atom is -0.495 e. The Morgan fingerprint density at radius 3 is 2.07 bits per heavy atom. The van der Waals surface area contributed by atoms with Gasteiger partial charge in [-0.1, -0.05) is 23.2 Å². The Hall–Kier alpha value is -2.36. The highest BCUT2D eigenvalue weighted by atomic mass is 35.5. The predicted octanol–water partition coefficient (Wildman–Crippen LogP) is 3.42. The van der Waals surface area contributed by atoms with Crippen molar-refractivity contribution in [1.82, 2.24) is 4.57 Å². The molecule has 0 aliphatic rings. The third-order valence-electron chi connectivity index (χ3n) is 4.08. The molecule has 1 aromatic carbocycles. The number of hydrogen-bond acceptors (Lipinski definition) is 6. The Labute approximate surface area is 178 Å². The lowest BCUT2D eigenvalue weighted by atomic mass is 10.0. The average Bonchev–Trinajstić information content (AvgIpc) is 2.65. The fourth-order valence-electron chi connectivity index (χ4n) is 2.67. The molecule has 1 aromatic heterocycles. The fraction of sp³-hybridized carbons (Fsp3) is 0.278. The van der Waals surface area contributed by atoms with Crippen molar-refractivity contribution >= 4 is 50.7 Å². The standard InChI is InChI=1S/C18H19Cl2N3O5S/c1-9-7-10(13-14(19)11(27-4)8-12(28-5)15(13)20)17(24)23(3)16(9)22-18(21-2)29(6,25)26/h7-8H,2H2,1,3-6H3/b22-18+. The molecule has 0 bridgehead atoms. The van der Waals surface area contributed by atoms with Gasteiger partial charge >= 0.3 is 0 Å². The molecule has 1 heterocycles. The molecule has 0 N–H and O–H groups in total. The van der Waals surface area contributed by atoms with E-state index in [4.69, 9.17) is 32.7 Å². The number of halogens is 2. The van der Waals surface area contributed by atoms with Gasteiger partial charge in [-0.3, -0.25) is 9.36 Å². The van der Waals surface area contributed by atoms with Crippen molar-refractivity contribution in [2.45, 2.75) is 6.92 Å². The van der Waals surface area contributed by atoms with Gasteiger partial charge in [-0.25, -0.2) is 18.4 Å². The number of sulfone groups is 1. The summed E-state index contributed by atoms with van der Waals surface area (Å²) in [5, 5.41) is -0.228. The van der Waals surface area contributed by atoms with Crippen LogP contribution in [0.4, 0.5) is 5.82 Å². The van der Waals surface area contributed by atoms with Gasteiger partial charge in [-0.2, -0.15) is 0 Å². The van der Waals surface area contributed by atoms with E-state index in [1.54, 1.807) is 6.92 Å². The highest BCUT2D eigenvalue weighted by Crippen LogP contribution is 2.45. The summed E-state index contributed by atoms with van der Waals surface area (Å²) < 4.78 is 35.2. The molecule has 0 fully saturated rings. The van der Waals surface area contributed by atoms with E-state index < -0.39 is 20.6 Å². The molecule has 0 radical (unpaired) electrons. The smallest absolute Gasteiger partial charge is 0.259 e. The summed E-state index contributed by atoms with van der Waals surface area (Å²) in [5.41, 5.74) is 0.378. The molecule has 0 aliphatic carbocycles. The van der Waals surface area contributed by atoms with Crippen molar-refractivity contribution in [3.8, 4) is 22.6 Å². The number of aliphatic imine (C=N–C) groups is 2. The van der Waals surface area contributed by atoms with Crippen molar-refractivity contribution in [3.63, 3.8) is 0 Å². The van der Waals surface area contributed by atoms with Crippen LogP contribution in [0.15, 0.2) is 26.9 Å². The Morgan fingerprint density at radius 2 is 1.66 bits per heavy atom. The van der Waals surface area contributed by atoms with Crippen LogP contribution in [0.25, 0.3) is 11.1 Å². The van der Waals surface area contributed by atoms with Gasteiger partial charge in [-0.05, 0) is 25.3 Å². The van der Waals surface area contributed by atoms with E-state index in [-0.39, 0.29) is 38.5 Å². The highest BCUT2D eigenvalue weighted by molar-refractivity contribution is 8.05. The van der Waals surface area contributed by atoms with Crippen LogP contribution in [0, 0.1) is 6.92 Å². The summed E-state index contributed by atoms with van der Waals surface area (Å²) in [6, 6.07) is 3.02. The SMILES string of the molecule is C=N/C(=N\c1c(C)cc(-c2c(Cl)c(OC)cc(OC)c2Cl)c(=O)n1C)S(C)(=O)=O. The number of benzene rings is 1. The number of methoxy groups -OCH3 is 2. The molecule has 0 aliphatic heterocycles. The number of rotatable bonds is 4. The molecule has 0 amide bonds. The minimum absolute atomic E-state index is 0.105. The fourth-order valence-corrected chi connectivity index (χ4v) is 3.87. The highest BCUT2D eigenvalue weighted by Gasteiger charge is 2.23. The molecule has 2 rings (SSSR count). The number of hydrogen-bond donors (Lipinski definition) is 0. The van der Waals surface area contributed by atoms with Crippen molar-refractivity contribution in [3.05, 3.63) is 38.1 Å². The van der Waals surface area contributed by atoms with Crippen molar-refractivity contribution in [2.24, 2.45) is 17.0 Å². The van der Waals surface area contributed by atoms with Gasteiger partial charge in [0.15, 0.2) is 0 Å². The van der Waals surface area contributed by atoms with Crippen LogP contribution in [0.1, 0.15) is 5.56 Å². The summed E-state index contributed by atoms with van der Waals surface area (Å²) in [4.78, 5) is 20.5. The van der Waals surface area contributed by atoms with Gasteiger partial charge in [0.05, 0.1) is 29.8 Å². The third kappa shape index (κ3) is 4.31. The molecule has 29 heavy (non-hydrogen) atoms. The predicted molar refractivity (Wildman–Crippen MR) is 116 cm³/mol. The second-order valence-electron chi connectivity index (χ2n) is 6.04. The van der Waals surface area contributed by atoms with Gasteiger partial charge in [-0.15, -0.1) is 0 Å². The van der Waals surface area contributed by atoms with E-state index in [9.17, 15) is 13.2 Å². The molecular formula is C18H19Cl2N3O5S. The summed E-state index contributed by atoms with van der Waals surface area (Å²) in [6.07, 6.45) is 0.949. The van der Waals surface area contributed by atoms with E-state index in [1.165, 1.54) is 38.0 Å². The first-order chi connectivity index (χ1) is 13.5. The maximum absolute atomic E-state index is 13.1. The minimum atomic E-state index is -3.72. The van der Waals surface area contributed by atoms with Crippen LogP contribution in [0.5, 0.6) is 11.5 Å². The van der Waals surface area contributed by atoms with Crippen LogP contribution >= 0.6 is 23.2 Å². The van der Waals surface area contributed by atoms with Crippen molar-refractivity contribution in [2.75, 3.05) is 20.5 Å². The molecular weight excluding hydrogens is 441 g/mol. The second kappa shape index (κ2) is 8.56. The Balaban J connectivity index is 2.89. The zero-order chi connectivity index (χ0) is 22.1. The summed E-state index contributed by atoms with van der Waals surface area (Å²) in [5.74, 6) is 0.661. The van der Waals surface area contributed by atoms with E-state index in [0.717, 1.165) is 6.26 Å². The molecule has 8 nitrogen and oxygen atoms in total. The maximum atomic E-state index is 13.1. The normalized spacial score (nSPS) is 12.0. The first kappa shape index (κ1) is 22.9. The molecule has 0 atom stereocenters. The maximum Gasteiger partial charge on any atom is 0.259 e. The number of aromatic nitrogens is 1. The summed E-state index contributed by atoms with van der Waals surface area (Å²) >= 11 is 12.8. The van der Waals surface area contributed by atoms with Crippen LogP contribution < -0.4 is 15.0 Å². The zero-order valence-corrected chi connectivity index (χ0v) is 18.7. The van der Waals surface area contributed by atoms with Crippen LogP contribution in [-0.2, 0) is 16.9 Å². The van der Waals surface area contributed by atoms with E-state index in [2.05, 4.69) is 16.7 Å². The number of amidine groups is 1. The lowest BCUT2D eigenvalue weighted by molar-refractivity contribution is 0.395. The van der Waals surface area contributed by atoms with Gasteiger partial charge in [0.1, 0.15) is 17.3 Å². The van der Waals surface area contributed by atoms with Crippen molar-refractivity contribution in [1.29, 1.82) is 0 Å². The molecule has 11 heteroatoms. The van der Waals surface area contributed by atoms with E-state index in [1.807, 2.05) is 0 Å². The summed E-state index contributed by atoms with van der Waals surface area (Å²) in [7, 11) is 0.571. The molecule has 0 unspecified atom stereocenters. The van der Waals surface area contributed by atoms with Gasteiger partial charge in [0.2, 0.25) is 15.0 Å². The zero-order valence-electron chi connectivity index (χ0n) is 16.4. The van der Waals surface area contributed by atoms with Gasteiger partial charge < -0.3 is 9.47 Å². The van der Waals surface area contributed by atoms with E-state index >= 15 is 0 Å². The lowest BCUT2D eigenvalue weighted by Gasteiger charge is -2.16. The average molecular weight is 460 g/mol. The molecule has 156 valence electrons. The van der Waals surface area contributed by atoms with Crippen LogP contribution in [0.2, 0.25) is 10.0 Å². The second-order valence-corrected chi connectivity index (χ2v) is 8.70. The first-order valence-electron chi connectivity index (χ1n) is 8.04. The number of nitrogens with zero attached hydrogens (tertiary/aromatic N) is 3. The van der Waals surface area contributed by atoms with Crippen molar-refractivity contribution < 1.29 is 17.9 Å². The summed E-state index contributed by atoms with van der Waals surface area (Å²) in [6.45, 7) is 4.88. The van der Waals surface area contributed by atoms with Gasteiger partial charge in [0.25, 0.3) is 5.56 Å². The van der Waals surface area contributed by atoms with Crippen LogP contribution in [-0.4, -0.2) is 45.3 Å². The van der Waals surface area contributed by atoms with E-state index in [0.29, 0.717) is 5.56 Å². The Bertz CT molecular complexity index is 1160. The molecule has 0 saturated heterocycles. The Kier molecular flexibility index (Phi) is 6.77. The topological polar surface area (TPSA) is 99.3 Å². The molecule has 0 saturated carbocycles. The largest absolute Gasteiger partial charge is 0.495 e. The molecule has 2 aromatic rings. The number of ether oxygens (including phenoxy) is 2. The van der Waals surface area contributed by atoms with Gasteiger partial charge in [0, 0.05) is 24.9 Å². The molecule has 0 spiro atoms. The first-order valence-corrected chi connectivity index (χ1v) is 10.7. The lowest BCUT2D eigenvalue weighted by Crippen LogP contribution is -2.21. The Morgan fingerprint density at radius 1 is 1.14 bits per heavy atom. The quantitative estimate of drug-likeness (QED) is 0.514. The monoisotopic (exact) mass is 459 g/mol.